The van der Waals surface area contributed by atoms with E-state index in [4.69, 9.17) is 51.3 Å². The number of hydrogen-bond donors (Lipinski definition) is 0. The summed E-state index contributed by atoms with van der Waals surface area (Å²) in [6.45, 7) is 0. The SMILES string of the molecule is [2H]c1c([2H])c(-c2c([2H])c([2H])c3c([2H])c([2H])c4c([2H])c([2H])c([2H])c([2H])c4c3c2[2H])c([2H])c(-c2c3c([2H])c([2H])c([2H])c([2H])c3c(-c3c([2H])c([2H])c4oc5c([2H])c([2H])c([2H])c([2H])c5c4c3[2H])c3c([2H])c([2H])c([2H])c([2H])c23)c1[2H].[2H]c1c([2H])c([2H])c2c(oc3c([2H])c([2H])c(-c4c5c([2H])c([2H])c([2H])c([2H])c5c(-c5c([2H])c([2H])c6c([2H])c([2H])c7c([2H])c([2H])c([2H])c([2H])c7c6c5[2H])c5c([2H])c([2H])c([2H])c([2H])c45)c([2H])c32)c1[2H]. The number of rotatable bonds is 5. The molecular weight excluding hydrogens is 1060 g/mol. The zero-order valence-electron chi connectivity index (χ0n) is 95.8. The standard InChI is InChI=1S/C46H28O.C40H24O/c1-2-13-35-29(10-1)20-21-30-22-23-32(27-41(30)35)31-11-9-12-33(26-31)45-37-15-3-5-17-39(37)46(40-18-6-4-16-38(40)45)34-24-25-44-42(28-34)36-14-7-8-19-43(36)47-44;1-2-10-29-25(9-1)17-18-26-19-20-27(23-35(26)29)39-31-12-3-5-14-33(31)40(34-15-6-4-13-32(34)39)28-21-22-38-36(24-28)30-11-7-8-16-37(30)41-38/h1-28H;1-24H/i1D,2D,3D,4D,5D,6D,7D,8D,9D,10D,11D,12D,13D,14D,15D,16D,17D,18D,19D,20D,21D,22D,23D,24D,25D,26D,27D,28D;1D,2D,3D,4D,5D,6D,7D,8D,9D,10D,11D,12D,13D,14D,15D,16D,17D,18D,19D,20D,21D,22D,23D,24D. The Balaban J connectivity index is 0.000000187. The molecule has 408 valence electrons. The van der Waals surface area contributed by atoms with E-state index in [0.717, 1.165) is 0 Å². The normalized spacial score (nSPS) is 20.1. The lowest BCUT2D eigenvalue weighted by molar-refractivity contribution is 0.668. The van der Waals surface area contributed by atoms with Gasteiger partial charge in [0.05, 0.1) is 71.3 Å². The minimum Gasteiger partial charge on any atom is -0.456 e. The third-order valence-electron chi connectivity index (χ3n) is 14.5. The first-order valence-corrected chi connectivity index (χ1v) is 26.1. The summed E-state index contributed by atoms with van der Waals surface area (Å²) in [7, 11) is 0. The summed E-state index contributed by atoms with van der Waals surface area (Å²) < 4.78 is 478. The molecule has 0 N–H and O–H groups in total. The fourth-order valence-electron chi connectivity index (χ4n) is 10.8. The third kappa shape index (κ3) is 7.97. The highest BCUT2D eigenvalue weighted by Gasteiger charge is 2.21. The highest BCUT2D eigenvalue weighted by molar-refractivity contribution is 6.25. The molecule has 0 spiro atoms. The average molecular weight is 1170 g/mol. The highest BCUT2D eigenvalue weighted by atomic mass is 16.3. The van der Waals surface area contributed by atoms with E-state index in [1.54, 1.807) is 0 Å². The van der Waals surface area contributed by atoms with Crippen LogP contribution >= 0.6 is 0 Å². The highest BCUT2D eigenvalue weighted by Crippen LogP contribution is 2.48. The molecule has 0 bridgehead atoms. The Morgan fingerprint density at radius 1 is 0.159 bits per heavy atom. The van der Waals surface area contributed by atoms with Crippen LogP contribution in [0.4, 0.5) is 0 Å². The van der Waals surface area contributed by atoms with Crippen LogP contribution in [-0.4, -0.2) is 0 Å². The van der Waals surface area contributed by atoms with E-state index in [0.29, 0.717) is 0 Å². The van der Waals surface area contributed by atoms with Crippen LogP contribution in [-0.2, 0) is 0 Å². The monoisotopic (exact) mass is 1170 g/mol. The van der Waals surface area contributed by atoms with Crippen molar-refractivity contribution in [2.45, 2.75) is 0 Å². The minimum absolute atomic E-state index is 0.397. The molecule has 88 heavy (non-hydrogen) atoms. The van der Waals surface area contributed by atoms with Crippen LogP contribution in [0, 0.1) is 0 Å². The molecule has 0 aliphatic carbocycles. The van der Waals surface area contributed by atoms with E-state index in [2.05, 4.69) is 0 Å². The molecule has 2 heteroatoms. The Morgan fingerprint density at radius 3 is 0.818 bits per heavy atom. The minimum atomic E-state index is -1.11. The van der Waals surface area contributed by atoms with Crippen LogP contribution in [0.3, 0.4) is 0 Å². The molecule has 0 unspecified atom stereocenters. The summed E-state index contributed by atoms with van der Waals surface area (Å²) in [6, 6.07) is -46.3. The van der Waals surface area contributed by atoms with Crippen LogP contribution in [0.15, 0.2) is 323 Å². The second-order valence-corrected chi connectivity index (χ2v) is 19.3. The van der Waals surface area contributed by atoms with Gasteiger partial charge < -0.3 is 8.83 Å². The molecule has 0 radical (unpaired) electrons. The first-order valence-electron chi connectivity index (χ1n) is 52.1. The van der Waals surface area contributed by atoms with Crippen molar-refractivity contribution >= 4 is 130 Å². The van der Waals surface area contributed by atoms with Crippen molar-refractivity contribution in [1.82, 2.24) is 0 Å². The van der Waals surface area contributed by atoms with Gasteiger partial charge in [0.25, 0.3) is 0 Å². The van der Waals surface area contributed by atoms with Gasteiger partial charge in [-0.2, -0.15) is 0 Å². The Labute approximate surface area is 580 Å². The molecule has 17 aromatic carbocycles. The fraction of sp³-hybridized carbons (Fsp3) is 0. The summed E-state index contributed by atoms with van der Waals surface area (Å²) in [5.41, 5.74) is -9.82. The van der Waals surface area contributed by atoms with Gasteiger partial charge in [-0.3, -0.25) is 0 Å². The van der Waals surface area contributed by atoms with Crippen molar-refractivity contribution < 1.29 is 80.1 Å². The average Bonchev–Trinajstić information content (AvgIpc) is 0.780. The lowest BCUT2D eigenvalue weighted by Crippen LogP contribution is -1.91. The molecule has 2 heterocycles. The molecule has 0 saturated heterocycles. The Kier molecular flexibility index (Phi) is 4.68. The van der Waals surface area contributed by atoms with Gasteiger partial charge in [0.1, 0.15) is 22.3 Å². The second-order valence-electron chi connectivity index (χ2n) is 19.3. The lowest BCUT2D eigenvalue weighted by Gasteiger charge is -2.18. The van der Waals surface area contributed by atoms with Crippen molar-refractivity contribution in [3.05, 3.63) is 314 Å². The summed E-state index contributed by atoms with van der Waals surface area (Å²) in [6.07, 6.45) is 0. The van der Waals surface area contributed by atoms with Gasteiger partial charge >= 0.3 is 0 Å². The molecule has 0 amide bonds. The van der Waals surface area contributed by atoms with Crippen molar-refractivity contribution in [3.8, 4) is 55.6 Å². The van der Waals surface area contributed by atoms with Crippen LogP contribution in [0.2, 0.25) is 0 Å². The summed E-state index contributed by atoms with van der Waals surface area (Å²) in [5, 5.41) is -12.0. The fourth-order valence-corrected chi connectivity index (χ4v) is 10.8. The van der Waals surface area contributed by atoms with Gasteiger partial charge in [0.15, 0.2) is 0 Å². The lowest BCUT2D eigenvalue weighted by atomic mass is 9.85. The van der Waals surface area contributed by atoms with Crippen LogP contribution in [0.1, 0.15) is 71.3 Å². The first-order chi connectivity index (χ1) is 65.3. The molecular formula is C86H52O2. The number of benzene rings is 17. The Bertz CT molecular complexity index is 9150. The second kappa shape index (κ2) is 20.0. The molecule has 2 nitrogen and oxygen atoms in total. The predicted octanol–water partition coefficient (Wildman–Crippen LogP) is 24.7. The van der Waals surface area contributed by atoms with E-state index in [-0.39, 0.29) is 0 Å². The molecule has 0 saturated carbocycles. The number of para-hydroxylation sites is 2. The zero-order valence-corrected chi connectivity index (χ0v) is 43.8. The maximum Gasteiger partial charge on any atom is 0.135 e. The number of furan rings is 2. The van der Waals surface area contributed by atoms with E-state index in [1.165, 1.54) is 0 Å². The van der Waals surface area contributed by atoms with Crippen LogP contribution in [0.5, 0.6) is 0 Å². The molecule has 19 aromatic rings. The van der Waals surface area contributed by atoms with Gasteiger partial charge in [-0.25, -0.2) is 0 Å². The van der Waals surface area contributed by atoms with E-state index in [1.807, 2.05) is 0 Å². The molecule has 19 rings (SSSR count). The quantitative estimate of drug-likeness (QED) is 0.127. The zero-order chi connectivity index (χ0) is 103. The maximum absolute atomic E-state index is 9.89. The molecule has 0 aliphatic rings. The van der Waals surface area contributed by atoms with Crippen molar-refractivity contribution in [1.29, 1.82) is 0 Å². The smallest absolute Gasteiger partial charge is 0.135 e. The number of hydrogen-bond acceptors (Lipinski definition) is 2. The van der Waals surface area contributed by atoms with Crippen LogP contribution in [0.25, 0.3) is 186 Å². The predicted molar refractivity (Wildman–Crippen MR) is 375 cm³/mol. The van der Waals surface area contributed by atoms with Gasteiger partial charge in [-0.1, -0.05) is 260 Å². The van der Waals surface area contributed by atoms with Crippen LogP contribution < -0.4 is 0 Å². The summed E-state index contributed by atoms with van der Waals surface area (Å²) in [4.78, 5) is 0. The molecule has 0 atom stereocenters. The van der Waals surface area contributed by atoms with Gasteiger partial charge in [-0.15, -0.1) is 0 Å². The van der Waals surface area contributed by atoms with Crippen molar-refractivity contribution in [2.75, 3.05) is 0 Å². The largest absolute Gasteiger partial charge is 0.456 e. The Morgan fingerprint density at radius 2 is 0.409 bits per heavy atom. The molecule has 0 fully saturated rings. The van der Waals surface area contributed by atoms with E-state index >= 15 is 0 Å². The molecule has 2 aromatic heterocycles. The van der Waals surface area contributed by atoms with E-state index in [9.17, 15) is 28.8 Å². The third-order valence-corrected chi connectivity index (χ3v) is 14.5. The number of fused-ring (bicyclic) bond motifs is 16. The van der Waals surface area contributed by atoms with Crippen molar-refractivity contribution in [2.24, 2.45) is 0 Å². The first kappa shape index (κ1) is 20.6. The summed E-state index contributed by atoms with van der Waals surface area (Å²) >= 11 is 0. The van der Waals surface area contributed by atoms with Crippen molar-refractivity contribution in [3.63, 3.8) is 0 Å². The van der Waals surface area contributed by atoms with E-state index < -0.39 is 500 Å². The topological polar surface area (TPSA) is 26.3 Å². The Hall–Kier alpha value is -11.6. The van der Waals surface area contributed by atoms with Gasteiger partial charge in [-0.05, 0) is 196 Å². The maximum atomic E-state index is 9.89. The van der Waals surface area contributed by atoms with Gasteiger partial charge in [0, 0.05) is 21.5 Å². The summed E-state index contributed by atoms with van der Waals surface area (Å²) in [5.74, 6) is 0. The molecule has 0 aliphatic heterocycles. The van der Waals surface area contributed by atoms with Gasteiger partial charge in [0.2, 0.25) is 0 Å².